The number of carboxylic acids is 4. The number of carbonyl (C=O) groups is 4. The summed E-state index contributed by atoms with van der Waals surface area (Å²) in [5, 5.41) is 36.8. The minimum atomic E-state index is -1.91. The molecule has 0 amide bonds. The first kappa shape index (κ1) is 17.1. The van der Waals surface area contributed by atoms with Crippen molar-refractivity contribution in [1.29, 1.82) is 0 Å². The zero-order valence-corrected chi connectivity index (χ0v) is 11.5. The molecule has 0 bridgehead atoms. The van der Waals surface area contributed by atoms with Gasteiger partial charge in [-0.05, 0) is 12.1 Å². The zero-order chi connectivity index (χ0) is 14.0. The molecule has 0 saturated carbocycles. The zero-order valence-electron chi connectivity index (χ0n) is 9.54. The fourth-order valence-corrected chi connectivity index (χ4v) is 1.30. The van der Waals surface area contributed by atoms with E-state index >= 15 is 0 Å². The van der Waals surface area contributed by atoms with Crippen molar-refractivity contribution < 1.29 is 69.2 Å². The molecule has 19 heavy (non-hydrogen) atoms. The molecule has 94 valence electrons. The van der Waals surface area contributed by atoms with E-state index in [1.165, 1.54) is 0 Å². The first-order valence-corrected chi connectivity index (χ1v) is 4.35. The Balaban J connectivity index is 0.00000324. The number of hydrogen-bond acceptors (Lipinski definition) is 5. The van der Waals surface area contributed by atoms with Crippen molar-refractivity contribution in [3.63, 3.8) is 0 Å². The maximum absolute atomic E-state index is 10.8. The molecule has 1 rings (SSSR count). The third-order valence-electron chi connectivity index (χ3n) is 2.07. The Bertz CT molecular complexity index is 479. The number of aromatic carboxylic acids is 4. The molecule has 0 heterocycles. The van der Waals surface area contributed by atoms with E-state index in [1.54, 1.807) is 0 Å². The summed E-state index contributed by atoms with van der Waals surface area (Å²) in [7, 11) is 0. The Morgan fingerprint density at radius 1 is 0.737 bits per heavy atom. The molecule has 1 aromatic carbocycles. The summed E-state index contributed by atoms with van der Waals surface area (Å²) in [4.78, 5) is 42.9. The Kier molecular flexibility index (Phi) is 5.69. The summed E-state index contributed by atoms with van der Waals surface area (Å²) in [6, 6.07) is 0.920. The van der Waals surface area contributed by atoms with Crippen LogP contribution in [-0.2, 0) is 0 Å². The summed E-state index contributed by atoms with van der Waals surface area (Å²) < 4.78 is 0. The van der Waals surface area contributed by atoms with Crippen LogP contribution in [0.4, 0.5) is 0 Å². The van der Waals surface area contributed by atoms with Gasteiger partial charge >= 0.3 is 47.5 Å². The van der Waals surface area contributed by atoms with Crippen LogP contribution in [0, 0.1) is 0 Å². The smallest absolute Gasteiger partial charge is 0.545 e. The molecule has 1 aromatic rings. The second-order valence-electron chi connectivity index (χ2n) is 3.15. The quantitative estimate of drug-likeness (QED) is 0.472. The van der Waals surface area contributed by atoms with Gasteiger partial charge < -0.3 is 25.2 Å². The predicted octanol–water partition coefficient (Wildman–Crippen LogP) is -3.85. The molecule has 0 aliphatic carbocycles. The second-order valence-corrected chi connectivity index (χ2v) is 3.15. The van der Waals surface area contributed by atoms with Crippen molar-refractivity contribution in [2.75, 3.05) is 0 Å². The molecule has 0 unspecified atom stereocenters. The van der Waals surface area contributed by atoms with Crippen LogP contribution in [0.1, 0.15) is 41.4 Å². The molecule has 3 N–H and O–H groups in total. The van der Waals surface area contributed by atoms with Crippen molar-refractivity contribution in [2.24, 2.45) is 0 Å². The average Bonchev–Trinajstić information content (AvgIpc) is 2.26. The van der Waals surface area contributed by atoms with E-state index in [-0.39, 0.29) is 29.6 Å². The number of carboxylic acid groups (broad SMARTS) is 4. The second kappa shape index (κ2) is 6.32. The van der Waals surface area contributed by atoms with Gasteiger partial charge in [-0.1, -0.05) is 0 Å². The number of benzene rings is 1. The van der Waals surface area contributed by atoms with E-state index in [4.69, 9.17) is 15.3 Å². The topological polar surface area (TPSA) is 152 Å². The van der Waals surface area contributed by atoms with Crippen molar-refractivity contribution in [3.05, 3.63) is 34.4 Å². The molecule has 0 aromatic heterocycles. The van der Waals surface area contributed by atoms with Gasteiger partial charge in [-0.15, -0.1) is 0 Å². The van der Waals surface area contributed by atoms with E-state index in [9.17, 15) is 24.3 Å². The fourth-order valence-electron chi connectivity index (χ4n) is 1.30. The monoisotopic (exact) mass is 276 g/mol. The van der Waals surface area contributed by atoms with Gasteiger partial charge in [-0.3, -0.25) is 0 Å². The Morgan fingerprint density at radius 3 is 1.26 bits per heavy atom. The van der Waals surface area contributed by atoms with Crippen LogP contribution >= 0.6 is 0 Å². The minimum absolute atomic E-state index is 0. The van der Waals surface area contributed by atoms with Gasteiger partial charge in [-0.2, -0.15) is 0 Å². The van der Waals surface area contributed by atoms with Crippen LogP contribution < -0.4 is 34.7 Å². The summed E-state index contributed by atoms with van der Waals surface area (Å²) in [6.07, 6.45) is 0. The first-order chi connectivity index (χ1) is 8.25. The third-order valence-corrected chi connectivity index (χ3v) is 2.07. The van der Waals surface area contributed by atoms with Crippen LogP contribution in [0.5, 0.6) is 0 Å². The minimum Gasteiger partial charge on any atom is -0.545 e. The maximum atomic E-state index is 10.8. The van der Waals surface area contributed by atoms with E-state index < -0.39 is 46.1 Å². The van der Waals surface area contributed by atoms with Crippen LogP contribution in [-0.4, -0.2) is 39.2 Å². The molecule has 0 saturated heterocycles. The van der Waals surface area contributed by atoms with Gasteiger partial charge in [0.25, 0.3) is 0 Å². The predicted molar refractivity (Wildman–Crippen MR) is 51.7 cm³/mol. The molecule has 0 atom stereocenters. The first-order valence-electron chi connectivity index (χ1n) is 4.35. The number of rotatable bonds is 4. The summed E-state index contributed by atoms with van der Waals surface area (Å²) in [6.45, 7) is 0. The number of carbonyl (C=O) groups excluding carboxylic acids is 1. The molecule has 9 heteroatoms. The molecule has 8 nitrogen and oxygen atoms in total. The SMILES string of the molecule is O=C([O-])c1cc(C(=O)O)c(C(=O)O)cc1C(=O)O.[Na+]. The normalized spacial score (nSPS) is 9.26. The van der Waals surface area contributed by atoms with Gasteiger partial charge in [0.05, 0.1) is 22.7 Å². The standard InChI is InChI=1S/C10H6O8.Na/c11-7(12)3-1-4(8(13)14)6(10(17)18)2-5(3)9(15)16;/h1-2H,(H,11,12)(H,13,14)(H,15,16)(H,17,18);/q;+1/p-1. The van der Waals surface area contributed by atoms with E-state index in [0.29, 0.717) is 12.1 Å². The molecule has 0 aliphatic rings. The molecular formula is C10H5NaO8. The third kappa shape index (κ3) is 3.53. The van der Waals surface area contributed by atoms with Crippen LogP contribution in [0.25, 0.3) is 0 Å². The summed E-state index contributed by atoms with van der Waals surface area (Å²) >= 11 is 0. The Morgan fingerprint density at radius 2 is 1.00 bits per heavy atom. The molecule has 0 aliphatic heterocycles. The molecular weight excluding hydrogens is 271 g/mol. The largest absolute Gasteiger partial charge is 1.00 e. The average molecular weight is 276 g/mol. The Hall–Kier alpha value is -1.90. The van der Waals surface area contributed by atoms with Crippen molar-refractivity contribution >= 4 is 23.9 Å². The molecule has 0 fully saturated rings. The summed E-state index contributed by atoms with van der Waals surface area (Å²) in [5.41, 5.74) is -3.39. The van der Waals surface area contributed by atoms with Crippen LogP contribution in [0.15, 0.2) is 12.1 Å². The fraction of sp³-hybridized carbons (Fsp3) is 0. The van der Waals surface area contributed by atoms with Crippen molar-refractivity contribution in [3.8, 4) is 0 Å². The van der Waals surface area contributed by atoms with Gasteiger partial charge in [0.1, 0.15) is 0 Å². The molecule has 0 radical (unpaired) electrons. The van der Waals surface area contributed by atoms with Gasteiger partial charge in [0, 0.05) is 5.56 Å². The van der Waals surface area contributed by atoms with Crippen molar-refractivity contribution in [2.45, 2.75) is 0 Å². The van der Waals surface area contributed by atoms with E-state index in [2.05, 4.69) is 0 Å². The maximum Gasteiger partial charge on any atom is 1.00 e. The van der Waals surface area contributed by atoms with Crippen LogP contribution in [0.3, 0.4) is 0 Å². The number of hydrogen-bond donors (Lipinski definition) is 3. The van der Waals surface area contributed by atoms with Gasteiger partial charge in [-0.25, -0.2) is 14.4 Å². The Labute approximate surface area is 127 Å². The van der Waals surface area contributed by atoms with E-state index in [1.807, 2.05) is 0 Å². The molecule has 0 spiro atoms. The van der Waals surface area contributed by atoms with Crippen molar-refractivity contribution in [1.82, 2.24) is 0 Å². The van der Waals surface area contributed by atoms with Gasteiger partial charge in [0.15, 0.2) is 0 Å². The van der Waals surface area contributed by atoms with Crippen LogP contribution in [0.2, 0.25) is 0 Å². The van der Waals surface area contributed by atoms with E-state index in [0.717, 1.165) is 0 Å². The summed E-state index contributed by atoms with van der Waals surface area (Å²) in [5.74, 6) is -6.98. The van der Waals surface area contributed by atoms with Gasteiger partial charge in [0.2, 0.25) is 0 Å².